The molecule has 1 aliphatic rings. The minimum Gasteiger partial charge on any atom is -0.354 e. The van der Waals surface area contributed by atoms with Crippen LogP contribution in [0.4, 0.5) is 5.82 Å². The van der Waals surface area contributed by atoms with E-state index in [2.05, 4.69) is 33.6 Å². The van der Waals surface area contributed by atoms with Crippen molar-refractivity contribution in [2.75, 3.05) is 37.6 Å². The lowest BCUT2D eigenvalue weighted by Gasteiger charge is -2.23. The van der Waals surface area contributed by atoms with E-state index < -0.39 is 0 Å². The van der Waals surface area contributed by atoms with Crippen molar-refractivity contribution in [3.05, 3.63) is 17.6 Å². The minimum absolute atomic E-state index is 1.00. The molecule has 0 amide bonds. The average molecular weight is 248 g/mol. The van der Waals surface area contributed by atoms with Crippen LogP contribution in [0.2, 0.25) is 0 Å². The van der Waals surface area contributed by atoms with Gasteiger partial charge in [-0.3, -0.25) is 4.98 Å². The molecule has 1 fully saturated rings. The average Bonchev–Trinajstić information content (AvgIpc) is 2.58. The zero-order valence-electron chi connectivity index (χ0n) is 11.8. The summed E-state index contributed by atoms with van der Waals surface area (Å²) in [6.45, 7) is 12.0. The van der Waals surface area contributed by atoms with E-state index in [9.17, 15) is 0 Å². The Morgan fingerprint density at radius 1 is 1.17 bits per heavy atom. The predicted octanol–water partition coefficient (Wildman–Crippen LogP) is 2.02. The summed E-state index contributed by atoms with van der Waals surface area (Å²) < 4.78 is 0. The lowest BCUT2D eigenvalue weighted by atomic mass is 10.3. The second kappa shape index (κ2) is 6.14. The van der Waals surface area contributed by atoms with E-state index >= 15 is 0 Å². The number of anilines is 1. The van der Waals surface area contributed by atoms with E-state index in [4.69, 9.17) is 0 Å². The second-order valence-electron chi connectivity index (χ2n) is 5.10. The summed E-state index contributed by atoms with van der Waals surface area (Å²) in [5.74, 6) is 1.08. The van der Waals surface area contributed by atoms with E-state index in [1.165, 1.54) is 25.9 Å². The Kier molecular flexibility index (Phi) is 4.53. The van der Waals surface area contributed by atoms with Gasteiger partial charge >= 0.3 is 0 Å². The molecule has 0 aromatic carbocycles. The molecule has 0 saturated carbocycles. The van der Waals surface area contributed by atoms with E-state index in [0.29, 0.717) is 0 Å². The van der Waals surface area contributed by atoms with Crippen molar-refractivity contribution in [1.29, 1.82) is 0 Å². The van der Waals surface area contributed by atoms with Crippen LogP contribution in [-0.2, 0) is 0 Å². The Balaban J connectivity index is 2.07. The number of hydrogen-bond acceptors (Lipinski definition) is 4. The molecule has 18 heavy (non-hydrogen) atoms. The first-order chi connectivity index (χ1) is 8.70. The van der Waals surface area contributed by atoms with Crippen molar-refractivity contribution in [3.8, 4) is 0 Å². The smallest absolute Gasteiger partial charge is 0.150 e. The van der Waals surface area contributed by atoms with Crippen LogP contribution in [-0.4, -0.2) is 47.6 Å². The lowest BCUT2D eigenvalue weighted by molar-refractivity contribution is 0.294. The van der Waals surface area contributed by atoms with Gasteiger partial charge in [0, 0.05) is 25.8 Å². The van der Waals surface area contributed by atoms with Gasteiger partial charge in [0.05, 0.1) is 11.4 Å². The van der Waals surface area contributed by atoms with Crippen LogP contribution in [0.5, 0.6) is 0 Å². The SMILES string of the molecule is CCCN1CCCN(c2nc(C)cnc2C)CC1. The van der Waals surface area contributed by atoms with Gasteiger partial charge in [0.2, 0.25) is 0 Å². The van der Waals surface area contributed by atoms with Crippen molar-refractivity contribution >= 4 is 5.82 Å². The summed E-state index contributed by atoms with van der Waals surface area (Å²) in [6.07, 6.45) is 4.30. The third-order valence-corrected chi connectivity index (χ3v) is 3.48. The molecule has 0 spiro atoms. The molecule has 0 bridgehead atoms. The van der Waals surface area contributed by atoms with Crippen molar-refractivity contribution < 1.29 is 0 Å². The van der Waals surface area contributed by atoms with E-state index in [1.54, 1.807) is 0 Å². The zero-order valence-corrected chi connectivity index (χ0v) is 11.8. The summed E-state index contributed by atoms with van der Waals surface area (Å²) >= 11 is 0. The molecular formula is C14H24N4. The first-order valence-electron chi connectivity index (χ1n) is 6.98. The summed E-state index contributed by atoms with van der Waals surface area (Å²) in [4.78, 5) is 14.0. The van der Waals surface area contributed by atoms with Gasteiger partial charge in [0.25, 0.3) is 0 Å². The highest BCUT2D eigenvalue weighted by atomic mass is 15.3. The molecule has 2 heterocycles. The molecule has 100 valence electrons. The largest absolute Gasteiger partial charge is 0.354 e. The van der Waals surface area contributed by atoms with Crippen LogP contribution in [0.3, 0.4) is 0 Å². The molecule has 0 atom stereocenters. The van der Waals surface area contributed by atoms with E-state index in [-0.39, 0.29) is 0 Å². The van der Waals surface area contributed by atoms with Gasteiger partial charge in [-0.25, -0.2) is 4.98 Å². The number of rotatable bonds is 3. The normalized spacial score (nSPS) is 17.8. The number of hydrogen-bond donors (Lipinski definition) is 0. The van der Waals surface area contributed by atoms with Crippen LogP contribution < -0.4 is 4.90 Å². The maximum Gasteiger partial charge on any atom is 0.150 e. The van der Waals surface area contributed by atoms with E-state index in [1.807, 2.05) is 13.1 Å². The van der Waals surface area contributed by atoms with Crippen LogP contribution in [0, 0.1) is 13.8 Å². The van der Waals surface area contributed by atoms with Gasteiger partial charge in [-0.1, -0.05) is 6.92 Å². The molecule has 1 aromatic heterocycles. The first kappa shape index (κ1) is 13.3. The Hall–Kier alpha value is -1.16. The molecule has 1 aliphatic heterocycles. The molecule has 1 saturated heterocycles. The molecule has 4 heteroatoms. The predicted molar refractivity (Wildman–Crippen MR) is 75.1 cm³/mol. The summed E-state index contributed by atoms with van der Waals surface area (Å²) in [5, 5.41) is 0. The van der Waals surface area contributed by atoms with Gasteiger partial charge in [-0.15, -0.1) is 0 Å². The van der Waals surface area contributed by atoms with Crippen molar-refractivity contribution in [2.24, 2.45) is 0 Å². The molecule has 2 rings (SSSR count). The monoisotopic (exact) mass is 248 g/mol. The summed E-state index contributed by atoms with van der Waals surface area (Å²) in [7, 11) is 0. The lowest BCUT2D eigenvalue weighted by Crippen LogP contribution is -2.32. The van der Waals surface area contributed by atoms with Crippen LogP contribution in [0.25, 0.3) is 0 Å². The number of aryl methyl sites for hydroxylation is 2. The molecular weight excluding hydrogens is 224 g/mol. The molecule has 0 radical (unpaired) electrons. The highest BCUT2D eigenvalue weighted by molar-refractivity contribution is 5.43. The molecule has 4 nitrogen and oxygen atoms in total. The van der Waals surface area contributed by atoms with Crippen molar-refractivity contribution in [2.45, 2.75) is 33.6 Å². The highest BCUT2D eigenvalue weighted by Crippen LogP contribution is 2.17. The van der Waals surface area contributed by atoms with Gasteiger partial charge in [0.15, 0.2) is 0 Å². The Labute approximate surface area is 110 Å². The Bertz CT molecular complexity index is 391. The standard InChI is InChI=1S/C14H24N4/c1-4-6-17-7-5-8-18(10-9-17)14-13(3)15-11-12(2)16-14/h11H,4-10H2,1-3H3. The van der Waals surface area contributed by atoms with Crippen molar-refractivity contribution in [1.82, 2.24) is 14.9 Å². The van der Waals surface area contributed by atoms with Gasteiger partial charge in [0.1, 0.15) is 5.82 Å². The van der Waals surface area contributed by atoms with Crippen LogP contribution >= 0.6 is 0 Å². The zero-order chi connectivity index (χ0) is 13.0. The number of aromatic nitrogens is 2. The quantitative estimate of drug-likeness (QED) is 0.819. The fraction of sp³-hybridized carbons (Fsp3) is 0.714. The maximum atomic E-state index is 4.65. The third kappa shape index (κ3) is 3.19. The van der Waals surface area contributed by atoms with Crippen molar-refractivity contribution in [3.63, 3.8) is 0 Å². The van der Waals surface area contributed by atoms with Gasteiger partial charge in [-0.05, 0) is 39.8 Å². The summed E-state index contributed by atoms with van der Waals surface area (Å²) in [5.41, 5.74) is 2.05. The van der Waals surface area contributed by atoms with Gasteiger partial charge < -0.3 is 9.80 Å². The molecule has 0 aliphatic carbocycles. The molecule has 1 aromatic rings. The first-order valence-corrected chi connectivity index (χ1v) is 6.98. The second-order valence-corrected chi connectivity index (χ2v) is 5.10. The molecule has 0 N–H and O–H groups in total. The number of nitrogens with zero attached hydrogens (tertiary/aromatic N) is 4. The Morgan fingerprint density at radius 2 is 2.00 bits per heavy atom. The topological polar surface area (TPSA) is 32.3 Å². The maximum absolute atomic E-state index is 4.65. The summed E-state index contributed by atoms with van der Waals surface area (Å²) in [6, 6.07) is 0. The third-order valence-electron chi connectivity index (χ3n) is 3.48. The van der Waals surface area contributed by atoms with Gasteiger partial charge in [-0.2, -0.15) is 0 Å². The van der Waals surface area contributed by atoms with Crippen LogP contribution in [0.15, 0.2) is 6.20 Å². The minimum atomic E-state index is 1.00. The van der Waals surface area contributed by atoms with E-state index in [0.717, 1.165) is 36.8 Å². The van der Waals surface area contributed by atoms with Crippen LogP contribution in [0.1, 0.15) is 31.2 Å². The Morgan fingerprint density at radius 3 is 2.78 bits per heavy atom. The molecule has 0 unspecified atom stereocenters. The fourth-order valence-corrected chi connectivity index (χ4v) is 2.55. The fourth-order valence-electron chi connectivity index (χ4n) is 2.55. The highest BCUT2D eigenvalue weighted by Gasteiger charge is 2.17.